The average Bonchev–Trinajstić information content (AvgIpc) is 2.96. The minimum atomic E-state index is -0.366. The molecule has 1 fully saturated rings. The van der Waals surface area contributed by atoms with Crippen LogP contribution in [-0.2, 0) is 16.0 Å². The van der Waals surface area contributed by atoms with Gasteiger partial charge in [0.15, 0.2) is 0 Å². The van der Waals surface area contributed by atoms with Gasteiger partial charge in [0, 0.05) is 25.2 Å². The molecule has 1 aromatic carbocycles. The first-order chi connectivity index (χ1) is 11.7. The first kappa shape index (κ1) is 17.0. The smallest absolute Gasteiger partial charge is 0.245 e. The lowest BCUT2D eigenvalue weighted by Gasteiger charge is -2.34. The Hall–Kier alpha value is -1.84. The fraction of sp³-hybridized carbons (Fsp3) is 0.600. The highest BCUT2D eigenvalue weighted by Gasteiger charge is 2.34. The molecule has 0 spiro atoms. The second-order valence-corrected chi connectivity index (χ2v) is 6.91. The van der Waals surface area contributed by atoms with Gasteiger partial charge in [-0.3, -0.25) is 14.5 Å². The molecule has 2 amide bonds. The SMILES string of the molecule is CC[C@H](C(=O)N1CCCCCC1)N1C(=O)CCCc2ccccc21. The van der Waals surface area contributed by atoms with Gasteiger partial charge in [-0.15, -0.1) is 0 Å². The fourth-order valence-corrected chi connectivity index (χ4v) is 3.95. The molecule has 2 aliphatic rings. The molecular weight excluding hydrogens is 300 g/mol. The highest BCUT2D eigenvalue weighted by Crippen LogP contribution is 2.30. The van der Waals surface area contributed by atoms with Crippen LogP contribution in [0.5, 0.6) is 0 Å². The number of fused-ring (bicyclic) bond motifs is 1. The van der Waals surface area contributed by atoms with E-state index in [1.54, 1.807) is 4.90 Å². The van der Waals surface area contributed by atoms with Crippen LogP contribution in [0.25, 0.3) is 0 Å². The summed E-state index contributed by atoms with van der Waals surface area (Å²) < 4.78 is 0. The number of carbonyl (C=O) groups excluding carboxylic acids is 2. The molecule has 130 valence electrons. The molecule has 3 rings (SSSR count). The van der Waals surface area contributed by atoms with Crippen molar-refractivity contribution in [3.05, 3.63) is 29.8 Å². The fourth-order valence-electron chi connectivity index (χ4n) is 3.95. The van der Waals surface area contributed by atoms with Gasteiger partial charge < -0.3 is 4.90 Å². The molecule has 24 heavy (non-hydrogen) atoms. The summed E-state index contributed by atoms with van der Waals surface area (Å²) in [6.45, 7) is 3.68. The molecule has 4 nitrogen and oxygen atoms in total. The third-order valence-corrected chi connectivity index (χ3v) is 5.26. The molecule has 2 aliphatic heterocycles. The summed E-state index contributed by atoms with van der Waals surface area (Å²) in [5.74, 6) is 0.222. The maximum atomic E-state index is 13.2. The van der Waals surface area contributed by atoms with E-state index in [0.717, 1.165) is 44.5 Å². The lowest BCUT2D eigenvalue weighted by molar-refractivity contribution is -0.134. The Kier molecular flexibility index (Phi) is 5.54. The van der Waals surface area contributed by atoms with E-state index in [1.807, 2.05) is 30.0 Å². The van der Waals surface area contributed by atoms with E-state index in [9.17, 15) is 9.59 Å². The van der Waals surface area contributed by atoms with Gasteiger partial charge in [0.1, 0.15) is 6.04 Å². The third kappa shape index (κ3) is 3.47. The molecule has 1 aromatic rings. The Bertz CT molecular complexity index is 591. The molecule has 1 atom stereocenters. The average molecular weight is 328 g/mol. The van der Waals surface area contributed by atoms with Gasteiger partial charge in [0.25, 0.3) is 0 Å². The predicted octanol–water partition coefficient (Wildman–Crippen LogP) is 3.54. The maximum Gasteiger partial charge on any atom is 0.245 e. The molecule has 2 heterocycles. The zero-order valence-electron chi connectivity index (χ0n) is 14.7. The monoisotopic (exact) mass is 328 g/mol. The molecule has 0 N–H and O–H groups in total. The number of anilines is 1. The van der Waals surface area contributed by atoms with E-state index in [4.69, 9.17) is 0 Å². The number of nitrogens with zero attached hydrogens (tertiary/aromatic N) is 2. The summed E-state index contributed by atoms with van der Waals surface area (Å²) in [6.07, 6.45) is 7.51. The third-order valence-electron chi connectivity index (χ3n) is 5.26. The first-order valence-corrected chi connectivity index (χ1v) is 9.41. The quantitative estimate of drug-likeness (QED) is 0.851. The van der Waals surface area contributed by atoms with Gasteiger partial charge in [-0.25, -0.2) is 0 Å². The summed E-state index contributed by atoms with van der Waals surface area (Å²) in [5.41, 5.74) is 2.13. The topological polar surface area (TPSA) is 40.6 Å². The number of benzene rings is 1. The van der Waals surface area contributed by atoms with E-state index in [0.29, 0.717) is 12.8 Å². The number of amides is 2. The van der Waals surface area contributed by atoms with Crippen LogP contribution < -0.4 is 4.90 Å². The van der Waals surface area contributed by atoms with Crippen molar-refractivity contribution >= 4 is 17.5 Å². The van der Waals surface area contributed by atoms with Crippen molar-refractivity contribution in [1.82, 2.24) is 4.90 Å². The van der Waals surface area contributed by atoms with Crippen LogP contribution in [-0.4, -0.2) is 35.8 Å². The maximum absolute atomic E-state index is 13.2. The molecule has 4 heteroatoms. The molecular formula is C20H28N2O2. The van der Waals surface area contributed by atoms with E-state index < -0.39 is 0 Å². The Morgan fingerprint density at radius 1 is 1.04 bits per heavy atom. The van der Waals surface area contributed by atoms with Crippen molar-refractivity contribution < 1.29 is 9.59 Å². The minimum absolute atomic E-state index is 0.0926. The Balaban J connectivity index is 1.90. The van der Waals surface area contributed by atoms with E-state index >= 15 is 0 Å². The largest absolute Gasteiger partial charge is 0.341 e. The zero-order chi connectivity index (χ0) is 16.9. The van der Waals surface area contributed by atoms with Crippen LogP contribution in [0.1, 0.15) is 57.4 Å². The Labute approximate surface area is 144 Å². The van der Waals surface area contributed by atoms with Crippen molar-refractivity contribution in [3.63, 3.8) is 0 Å². The molecule has 0 radical (unpaired) electrons. The Morgan fingerprint density at radius 3 is 2.46 bits per heavy atom. The molecule has 0 bridgehead atoms. The normalized spacial score (nSPS) is 20.1. The molecule has 1 saturated heterocycles. The standard InChI is InChI=1S/C20H28N2O2/c1-2-17(20(24)21-14-7-3-4-8-15-21)22-18-12-6-5-10-16(18)11-9-13-19(22)23/h5-6,10,12,17H,2-4,7-9,11,13-15H2,1H3/t17-/m1/s1. The van der Waals surface area contributed by atoms with E-state index in [1.165, 1.54) is 18.4 Å². The van der Waals surface area contributed by atoms with Crippen molar-refractivity contribution in [2.24, 2.45) is 0 Å². The van der Waals surface area contributed by atoms with Crippen molar-refractivity contribution in [2.75, 3.05) is 18.0 Å². The summed E-state index contributed by atoms with van der Waals surface area (Å²) >= 11 is 0. The number of hydrogen-bond acceptors (Lipinski definition) is 2. The minimum Gasteiger partial charge on any atom is -0.341 e. The van der Waals surface area contributed by atoms with Crippen LogP contribution in [0.2, 0.25) is 0 Å². The van der Waals surface area contributed by atoms with Gasteiger partial charge in [-0.05, 0) is 43.7 Å². The van der Waals surface area contributed by atoms with Crippen LogP contribution in [0.3, 0.4) is 0 Å². The summed E-state index contributed by atoms with van der Waals surface area (Å²) in [5, 5.41) is 0. The second-order valence-electron chi connectivity index (χ2n) is 6.91. The number of hydrogen-bond donors (Lipinski definition) is 0. The highest BCUT2D eigenvalue weighted by molar-refractivity contribution is 6.01. The van der Waals surface area contributed by atoms with Crippen LogP contribution >= 0.6 is 0 Å². The number of carbonyl (C=O) groups is 2. The van der Waals surface area contributed by atoms with Gasteiger partial charge in [-0.1, -0.05) is 38.0 Å². The Morgan fingerprint density at radius 2 is 1.75 bits per heavy atom. The second kappa shape index (κ2) is 7.82. The lowest BCUT2D eigenvalue weighted by Crippen LogP contribution is -2.51. The molecule has 0 unspecified atom stereocenters. The van der Waals surface area contributed by atoms with Gasteiger partial charge in [-0.2, -0.15) is 0 Å². The summed E-state index contributed by atoms with van der Waals surface area (Å²) in [6, 6.07) is 7.70. The number of rotatable bonds is 3. The zero-order valence-corrected chi connectivity index (χ0v) is 14.7. The predicted molar refractivity (Wildman–Crippen MR) is 96.0 cm³/mol. The first-order valence-electron chi connectivity index (χ1n) is 9.41. The van der Waals surface area contributed by atoms with Crippen molar-refractivity contribution in [3.8, 4) is 0 Å². The lowest BCUT2D eigenvalue weighted by atomic mass is 10.1. The van der Waals surface area contributed by atoms with Crippen LogP contribution in [0.4, 0.5) is 5.69 Å². The number of para-hydroxylation sites is 1. The number of aryl methyl sites for hydroxylation is 1. The van der Waals surface area contributed by atoms with Crippen LogP contribution in [0.15, 0.2) is 24.3 Å². The van der Waals surface area contributed by atoms with Gasteiger partial charge in [0.05, 0.1) is 0 Å². The molecule has 0 saturated carbocycles. The number of likely N-dealkylation sites (tertiary alicyclic amines) is 1. The van der Waals surface area contributed by atoms with Gasteiger partial charge in [0.2, 0.25) is 11.8 Å². The summed E-state index contributed by atoms with van der Waals surface area (Å²) in [7, 11) is 0. The summed E-state index contributed by atoms with van der Waals surface area (Å²) in [4.78, 5) is 29.8. The van der Waals surface area contributed by atoms with Gasteiger partial charge >= 0.3 is 0 Å². The van der Waals surface area contributed by atoms with Crippen LogP contribution in [0, 0.1) is 0 Å². The van der Waals surface area contributed by atoms with Crippen molar-refractivity contribution in [1.29, 1.82) is 0 Å². The molecule has 0 aromatic heterocycles. The highest BCUT2D eigenvalue weighted by atomic mass is 16.2. The van der Waals surface area contributed by atoms with E-state index in [-0.39, 0.29) is 17.9 Å². The van der Waals surface area contributed by atoms with E-state index in [2.05, 4.69) is 6.07 Å². The molecule has 0 aliphatic carbocycles. The van der Waals surface area contributed by atoms with Crippen molar-refractivity contribution in [2.45, 2.75) is 64.3 Å².